The summed E-state index contributed by atoms with van der Waals surface area (Å²) >= 11 is 0. The Morgan fingerprint density at radius 2 is 1.70 bits per heavy atom. The number of guanidine groups is 1. The van der Waals surface area contributed by atoms with Crippen LogP contribution in [0.4, 0.5) is 0 Å². The number of hydrogen-bond donors (Lipinski definition) is 3. The van der Waals surface area contributed by atoms with Gasteiger partial charge in [-0.3, -0.25) is 9.59 Å². The van der Waals surface area contributed by atoms with Crippen molar-refractivity contribution in [1.29, 1.82) is 0 Å². The Hall–Kier alpha value is -3.35. The van der Waals surface area contributed by atoms with Gasteiger partial charge in [0.05, 0.1) is 6.54 Å². The van der Waals surface area contributed by atoms with E-state index in [1.807, 2.05) is 49.4 Å². The van der Waals surface area contributed by atoms with E-state index in [1.54, 1.807) is 32.1 Å². The molecule has 0 aromatic heterocycles. The number of benzene rings is 2. The molecule has 160 valence electrons. The lowest BCUT2D eigenvalue weighted by atomic mass is 10.1. The van der Waals surface area contributed by atoms with Crippen molar-refractivity contribution in [2.24, 2.45) is 4.99 Å². The average molecular weight is 410 g/mol. The third kappa shape index (κ3) is 6.92. The minimum absolute atomic E-state index is 0.0134. The first-order valence-electron chi connectivity index (χ1n) is 10.1. The molecule has 0 unspecified atom stereocenters. The van der Waals surface area contributed by atoms with Gasteiger partial charge in [0.25, 0.3) is 11.8 Å². The summed E-state index contributed by atoms with van der Waals surface area (Å²) in [4.78, 5) is 29.9. The van der Waals surface area contributed by atoms with Crippen LogP contribution in [0.2, 0.25) is 0 Å². The molecule has 0 spiro atoms. The fraction of sp³-hybridized carbons (Fsp3) is 0.348. The fourth-order valence-corrected chi connectivity index (χ4v) is 2.86. The van der Waals surface area contributed by atoms with Gasteiger partial charge in [-0.15, -0.1) is 0 Å². The van der Waals surface area contributed by atoms with Gasteiger partial charge in [-0.1, -0.05) is 24.3 Å². The zero-order chi connectivity index (χ0) is 21.9. The lowest BCUT2D eigenvalue weighted by molar-refractivity contribution is 0.0827. The molecule has 3 N–H and O–H groups in total. The number of rotatable bonds is 8. The van der Waals surface area contributed by atoms with Crippen LogP contribution < -0.4 is 16.0 Å². The first kappa shape index (κ1) is 22.9. The van der Waals surface area contributed by atoms with Crippen LogP contribution in [0.1, 0.15) is 38.8 Å². The standard InChI is InChI=1S/C23H31N5O2/c1-5-25-23(26-14-13-17-7-6-8-20(15-17)21(29)24-2)27-16-18-9-11-19(12-10-18)22(30)28(3)4/h6-12,15H,5,13-14,16H2,1-4H3,(H,24,29)(H2,25,26,27). The van der Waals surface area contributed by atoms with E-state index in [2.05, 4.69) is 20.9 Å². The van der Waals surface area contributed by atoms with Crippen molar-refractivity contribution >= 4 is 17.8 Å². The molecule has 0 aliphatic rings. The smallest absolute Gasteiger partial charge is 0.253 e. The molecule has 0 fully saturated rings. The summed E-state index contributed by atoms with van der Waals surface area (Å²) in [7, 11) is 5.11. The zero-order valence-electron chi connectivity index (χ0n) is 18.2. The molecule has 2 rings (SSSR count). The van der Waals surface area contributed by atoms with Crippen molar-refractivity contribution in [3.63, 3.8) is 0 Å². The number of carbonyl (C=O) groups is 2. The molecular weight excluding hydrogens is 378 g/mol. The molecule has 2 amide bonds. The molecule has 0 atom stereocenters. The normalized spacial score (nSPS) is 11.0. The van der Waals surface area contributed by atoms with Gasteiger partial charge < -0.3 is 20.9 Å². The van der Waals surface area contributed by atoms with Crippen LogP contribution in [0.25, 0.3) is 0 Å². The second kappa shape index (κ2) is 11.6. The van der Waals surface area contributed by atoms with Crippen LogP contribution in [0.15, 0.2) is 53.5 Å². The fourth-order valence-electron chi connectivity index (χ4n) is 2.86. The SMILES string of the molecule is CCNC(=NCc1ccc(C(=O)N(C)C)cc1)NCCc1cccc(C(=O)NC)c1. The van der Waals surface area contributed by atoms with Crippen molar-refractivity contribution in [1.82, 2.24) is 20.9 Å². The van der Waals surface area contributed by atoms with Crippen molar-refractivity contribution in [3.05, 3.63) is 70.8 Å². The largest absolute Gasteiger partial charge is 0.357 e. The molecule has 0 saturated carbocycles. The summed E-state index contributed by atoms with van der Waals surface area (Å²) in [6.07, 6.45) is 0.774. The monoisotopic (exact) mass is 409 g/mol. The number of nitrogens with zero attached hydrogens (tertiary/aromatic N) is 2. The number of aliphatic imine (C=N–C) groups is 1. The van der Waals surface area contributed by atoms with Crippen LogP contribution in [0.3, 0.4) is 0 Å². The molecule has 0 aliphatic carbocycles. The minimum Gasteiger partial charge on any atom is -0.357 e. The van der Waals surface area contributed by atoms with Crippen molar-refractivity contribution in [3.8, 4) is 0 Å². The van der Waals surface area contributed by atoms with Crippen molar-refractivity contribution in [2.75, 3.05) is 34.2 Å². The molecule has 30 heavy (non-hydrogen) atoms. The molecule has 7 nitrogen and oxygen atoms in total. The Balaban J connectivity index is 1.93. The quantitative estimate of drug-likeness (QED) is 0.460. The number of nitrogens with one attached hydrogen (secondary N) is 3. The molecule has 0 heterocycles. The Bertz CT molecular complexity index is 875. The zero-order valence-corrected chi connectivity index (χ0v) is 18.2. The Labute approximate surface area is 178 Å². The Morgan fingerprint density at radius 1 is 0.967 bits per heavy atom. The molecular formula is C23H31N5O2. The summed E-state index contributed by atoms with van der Waals surface area (Å²) in [5.74, 6) is 0.631. The van der Waals surface area contributed by atoms with Crippen LogP contribution >= 0.6 is 0 Å². The third-order valence-corrected chi connectivity index (χ3v) is 4.49. The van der Waals surface area contributed by atoms with E-state index in [-0.39, 0.29) is 11.8 Å². The lowest BCUT2D eigenvalue weighted by Gasteiger charge is -2.12. The number of amides is 2. The molecule has 0 bridgehead atoms. The van der Waals surface area contributed by atoms with E-state index in [0.29, 0.717) is 24.2 Å². The van der Waals surface area contributed by atoms with Gasteiger partial charge in [-0.2, -0.15) is 0 Å². The highest BCUT2D eigenvalue weighted by molar-refractivity contribution is 5.94. The minimum atomic E-state index is -0.0852. The predicted molar refractivity (Wildman–Crippen MR) is 121 cm³/mol. The van der Waals surface area contributed by atoms with Gasteiger partial charge in [0.1, 0.15) is 0 Å². The first-order chi connectivity index (χ1) is 14.4. The summed E-state index contributed by atoms with van der Waals surface area (Å²) in [5.41, 5.74) is 3.44. The van der Waals surface area contributed by atoms with Crippen LogP contribution in [0.5, 0.6) is 0 Å². The molecule has 0 saturated heterocycles. The maximum Gasteiger partial charge on any atom is 0.253 e. The highest BCUT2D eigenvalue weighted by Crippen LogP contribution is 2.08. The highest BCUT2D eigenvalue weighted by Gasteiger charge is 2.07. The molecule has 2 aromatic rings. The van der Waals surface area contributed by atoms with Crippen LogP contribution in [-0.4, -0.2) is 56.9 Å². The number of carbonyl (C=O) groups excluding carboxylic acids is 2. The maximum absolute atomic E-state index is 12.0. The van der Waals surface area contributed by atoms with Gasteiger partial charge in [0.2, 0.25) is 0 Å². The summed E-state index contributed by atoms with van der Waals surface area (Å²) in [6, 6.07) is 15.1. The highest BCUT2D eigenvalue weighted by atomic mass is 16.2. The lowest BCUT2D eigenvalue weighted by Crippen LogP contribution is -2.38. The average Bonchev–Trinajstić information content (AvgIpc) is 2.76. The predicted octanol–water partition coefficient (Wildman–Crippen LogP) is 2.05. The third-order valence-electron chi connectivity index (χ3n) is 4.49. The molecule has 0 aliphatic heterocycles. The topological polar surface area (TPSA) is 85.8 Å². The van der Waals surface area contributed by atoms with Crippen LogP contribution in [0, 0.1) is 0 Å². The maximum atomic E-state index is 12.0. The van der Waals surface area contributed by atoms with E-state index in [9.17, 15) is 9.59 Å². The first-order valence-corrected chi connectivity index (χ1v) is 10.1. The summed E-state index contributed by atoms with van der Waals surface area (Å²) < 4.78 is 0. The van der Waals surface area contributed by atoms with E-state index in [0.717, 1.165) is 30.1 Å². The van der Waals surface area contributed by atoms with E-state index < -0.39 is 0 Å². The van der Waals surface area contributed by atoms with Gasteiger partial charge in [0.15, 0.2) is 5.96 Å². The Kier molecular flexibility index (Phi) is 8.87. The summed E-state index contributed by atoms with van der Waals surface area (Å²) in [6.45, 7) is 3.98. The van der Waals surface area contributed by atoms with Crippen LogP contribution in [-0.2, 0) is 13.0 Å². The summed E-state index contributed by atoms with van der Waals surface area (Å²) in [5, 5.41) is 9.20. The number of hydrogen-bond acceptors (Lipinski definition) is 3. The molecule has 7 heteroatoms. The van der Waals surface area contributed by atoms with Gasteiger partial charge in [-0.05, 0) is 48.7 Å². The van der Waals surface area contributed by atoms with Crippen molar-refractivity contribution < 1.29 is 9.59 Å². The van der Waals surface area contributed by atoms with E-state index >= 15 is 0 Å². The van der Waals surface area contributed by atoms with Gasteiger partial charge >= 0.3 is 0 Å². The second-order valence-corrected chi connectivity index (χ2v) is 7.05. The Morgan fingerprint density at radius 3 is 2.33 bits per heavy atom. The van der Waals surface area contributed by atoms with Gasteiger partial charge in [-0.25, -0.2) is 4.99 Å². The van der Waals surface area contributed by atoms with Gasteiger partial charge in [0, 0.05) is 45.4 Å². The van der Waals surface area contributed by atoms with E-state index in [1.165, 1.54) is 0 Å². The molecule has 0 radical (unpaired) electrons. The molecule has 2 aromatic carbocycles. The van der Waals surface area contributed by atoms with E-state index in [4.69, 9.17) is 0 Å². The second-order valence-electron chi connectivity index (χ2n) is 7.05. The van der Waals surface area contributed by atoms with Crippen molar-refractivity contribution in [2.45, 2.75) is 19.9 Å².